The molecule has 0 radical (unpaired) electrons. The van der Waals surface area contributed by atoms with Gasteiger partial charge < -0.3 is 4.90 Å². The number of carbonyl (C=O) groups excluding carboxylic acids is 1. The van der Waals surface area contributed by atoms with Crippen LogP contribution >= 0.6 is 0 Å². The Morgan fingerprint density at radius 3 is 2.30 bits per heavy atom. The van der Waals surface area contributed by atoms with Crippen LogP contribution in [0.1, 0.15) is 29.4 Å². The van der Waals surface area contributed by atoms with Gasteiger partial charge in [-0.3, -0.25) is 9.48 Å². The van der Waals surface area contributed by atoms with Crippen LogP contribution in [0, 0.1) is 25.5 Å². The third-order valence-corrected chi connectivity index (χ3v) is 4.13. The second-order valence-corrected chi connectivity index (χ2v) is 5.56. The number of rotatable bonds is 5. The first-order chi connectivity index (χ1) is 10.8. The van der Waals surface area contributed by atoms with Gasteiger partial charge in [-0.15, -0.1) is 0 Å². The number of likely N-dealkylation sites (N-methyl/N-ethyl adjacent to an activating group) is 1. The van der Waals surface area contributed by atoms with Gasteiger partial charge in [0, 0.05) is 30.4 Å². The van der Waals surface area contributed by atoms with Crippen LogP contribution in [0.2, 0.25) is 0 Å². The molecule has 0 aliphatic heterocycles. The van der Waals surface area contributed by atoms with Crippen LogP contribution in [-0.2, 0) is 24.8 Å². The minimum absolute atomic E-state index is 0.0772. The van der Waals surface area contributed by atoms with E-state index in [0.29, 0.717) is 6.54 Å². The predicted molar refractivity (Wildman–Crippen MR) is 83.8 cm³/mol. The lowest BCUT2D eigenvalue weighted by molar-refractivity contribution is -0.130. The first-order valence-corrected chi connectivity index (χ1v) is 7.54. The van der Waals surface area contributed by atoms with Crippen molar-refractivity contribution in [1.82, 2.24) is 14.7 Å². The van der Waals surface area contributed by atoms with E-state index in [-0.39, 0.29) is 24.4 Å². The lowest BCUT2D eigenvalue weighted by Crippen LogP contribution is -2.32. The van der Waals surface area contributed by atoms with Crippen LogP contribution in [0.4, 0.5) is 8.78 Å². The molecule has 0 atom stereocenters. The zero-order valence-electron chi connectivity index (χ0n) is 13.9. The number of carbonyl (C=O) groups is 1. The van der Waals surface area contributed by atoms with Crippen molar-refractivity contribution in [3.05, 3.63) is 52.3 Å². The highest BCUT2D eigenvalue weighted by Crippen LogP contribution is 2.17. The molecule has 4 nitrogen and oxygen atoms in total. The molecule has 2 rings (SSSR count). The van der Waals surface area contributed by atoms with Gasteiger partial charge in [0.1, 0.15) is 11.6 Å². The minimum Gasteiger partial charge on any atom is -0.338 e. The Kier molecular flexibility index (Phi) is 5.13. The molecule has 0 bridgehead atoms. The van der Waals surface area contributed by atoms with Crippen LogP contribution in [0.3, 0.4) is 0 Å². The quantitative estimate of drug-likeness (QED) is 0.849. The zero-order chi connectivity index (χ0) is 17.1. The molecule has 124 valence electrons. The minimum atomic E-state index is -0.634. The second-order valence-electron chi connectivity index (χ2n) is 5.56. The van der Waals surface area contributed by atoms with Gasteiger partial charge in [0.05, 0.1) is 18.7 Å². The summed E-state index contributed by atoms with van der Waals surface area (Å²) in [5, 5.41) is 4.29. The van der Waals surface area contributed by atoms with E-state index in [2.05, 4.69) is 5.10 Å². The number of halogens is 2. The summed E-state index contributed by atoms with van der Waals surface area (Å²) in [6.07, 6.45) is 0.176. The van der Waals surface area contributed by atoms with E-state index < -0.39 is 11.6 Å². The van der Waals surface area contributed by atoms with Crippen molar-refractivity contribution in [2.75, 3.05) is 6.54 Å². The van der Waals surface area contributed by atoms with Gasteiger partial charge in [-0.2, -0.15) is 5.10 Å². The van der Waals surface area contributed by atoms with Crippen molar-refractivity contribution in [3.63, 3.8) is 0 Å². The number of aryl methyl sites for hydroxylation is 2. The van der Waals surface area contributed by atoms with E-state index in [0.717, 1.165) is 17.0 Å². The summed E-state index contributed by atoms with van der Waals surface area (Å²) in [6.45, 7) is 5.84. The Balaban J connectivity index is 2.19. The zero-order valence-corrected chi connectivity index (χ0v) is 13.9. The van der Waals surface area contributed by atoms with Gasteiger partial charge in [0.2, 0.25) is 5.91 Å². The number of amides is 1. The van der Waals surface area contributed by atoms with Gasteiger partial charge in [-0.25, -0.2) is 8.78 Å². The first kappa shape index (κ1) is 17.1. The molecule has 2 aromatic rings. The molecule has 1 aromatic carbocycles. The van der Waals surface area contributed by atoms with Crippen LogP contribution in [0.25, 0.3) is 0 Å². The number of nitrogens with zero attached hydrogens (tertiary/aromatic N) is 3. The van der Waals surface area contributed by atoms with E-state index in [4.69, 9.17) is 0 Å². The van der Waals surface area contributed by atoms with E-state index in [9.17, 15) is 13.6 Å². The Morgan fingerprint density at radius 1 is 1.22 bits per heavy atom. The van der Waals surface area contributed by atoms with Crippen molar-refractivity contribution in [3.8, 4) is 0 Å². The van der Waals surface area contributed by atoms with E-state index in [1.807, 2.05) is 20.9 Å². The highest BCUT2D eigenvalue weighted by atomic mass is 19.1. The molecule has 0 spiro atoms. The fourth-order valence-electron chi connectivity index (χ4n) is 2.59. The molecule has 23 heavy (non-hydrogen) atoms. The smallest absolute Gasteiger partial charge is 0.227 e. The SMILES string of the molecule is CCN(Cc1c(F)cccc1F)C(=O)Cc1c(C)nn(C)c1C. The highest BCUT2D eigenvalue weighted by molar-refractivity contribution is 5.79. The van der Waals surface area contributed by atoms with Crippen molar-refractivity contribution >= 4 is 5.91 Å². The molecule has 0 N–H and O–H groups in total. The van der Waals surface area contributed by atoms with E-state index in [1.165, 1.54) is 23.1 Å². The molecule has 0 saturated carbocycles. The van der Waals surface area contributed by atoms with Gasteiger partial charge >= 0.3 is 0 Å². The number of aromatic nitrogens is 2. The van der Waals surface area contributed by atoms with Crippen LogP contribution < -0.4 is 0 Å². The molecule has 0 aliphatic rings. The number of hydrogen-bond acceptors (Lipinski definition) is 2. The lowest BCUT2D eigenvalue weighted by Gasteiger charge is -2.21. The Bertz CT molecular complexity index is 705. The summed E-state index contributed by atoms with van der Waals surface area (Å²) in [6, 6.07) is 3.72. The topological polar surface area (TPSA) is 38.1 Å². The third-order valence-electron chi connectivity index (χ3n) is 4.13. The maximum absolute atomic E-state index is 13.8. The summed E-state index contributed by atoms with van der Waals surface area (Å²) in [5.41, 5.74) is 2.50. The Hall–Kier alpha value is -2.24. The number of hydrogen-bond donors (Lipinski definition) is 0. The lowest BCUT2D eigenvalue weighted by atomic mass is 10.1. The van der Waals surface area contributed by atoms with E-state index >= 15 is 0 Å². The fourth-order valence-corrected chi connectivity index (χ4v) is 2.59. The average molecular weight is 321 g/mol. The average Bonchev–Trinajstić information content (AvgIpc) is 2.73. The summed E-state index contributed by atoms with van der Waals surface area (Å²) >= 11 is 0. The van der Waals surface area contributed by atoms with Crippen LogP contribution in [-0.4, -0.2) is 27.1 Å². The molecule has 0 fully saturated rings. The van der Waals surface area contributed by atoms with Crippen molar-refractivity contribution in [1.29, 1.82) is 0 Å². The monoisotopic (exact) mass is 321 g/mol. The molecule has 1 amide bonds. The molecular formula is C17H21F2N3O. The summed E-state index contributed by atoms with van der Waals surface area (Å²) in [7, 11) is 1.82. The first-order valence-electron chi connectivity index (χ1n) is 7.54. The van der Waals surface area contributed by atoms with Crippen LogP contribution in [0.5, 0.6) is 0 Å². The highest BCUT2D eigenvalue weighted by Gasteiger charge is 2.20. The fraction of sp³-hybridized carbons (Fsp3) is 0.412. The molecular weight excluding hydrogens is 300 g/mol. The van der Waals surface area contributed by atoms with Gasteiger partial charge in [0.15, 0.2) is 0 Å². The molecule has 0 saturated heterocycles. The maximum atomic E-state index is 13.8. The van der Waals surface area contributed by atoms with Crippen LogP contribution in [0.15, 0.2) is 18.2 Å². The summed E-state index contributed by atoms with van der Waals surface area (Å²) < 4.78 is 29.3. The molecule has 6 heteroatoms. The molecule has 1 heterocycles. The molecule has 0 aliphatic carbocycles. The Morgan fingerprint density at radius 2 is 1.83 bits per heavy atom. The second kappa shape index (κ2) is 6.89. The van der Waals surface area contributed by atoms with Crippen molar-refractivity contribution in [2.24, 2.45) is 7.05 Å². The molecule has 0 unspecified atom stereocenters. The Labute approximate surface area is 134 Å². The molecule has 1 aromatic heterocycles. The number of benzene rings is 1. The normalized spacial score (nSPS) is 10.9. The maximum Gasteiger partial charge on any atom is 0.227 e. The van der Waals surface area contributed by atoms with Crippen molar-refractivity contribution < 1.29 is 13.6 Å². The third kappa shape index (κ3) is 3.57. The predicted octanol–water partition coefficient (Wildman–Crippen LogP) is 2.91. The standard InChI is InChI=1S/C17H21F2N3O/c1-5-22(10-14-15(18)7-6-8-16(14)19)17(23)9-13-11(2)20-21(4)12(13)3/h6-8H,5,9-10H2,1-4H3. The summed E-state index contributed by atoms with van der Waals surface area (Å²) in [5.74, 6) is -1.44. The van der Waals surface area contributed by atoms with Crippen molar-refractivity contribution in [2.45, 2.75) is 33.7 Å². The van der Waals surface area contributed by atoms with Gasteiger partial charge in [-0.05, 0) is 32.9 Å². The van der Waals surface area contributed by atoms with E-state index in [1.54, 1.807) is 11.6 Å². The largest absolute Gasteiger partial charge is 0.338 e. The van der Waals surface area contributed by atoms with Gasteiger partial charge in [-0.1, -0.05) is 6.07 Å². The summed E-state index contributed by atoms with van der Waals surface area (Å²) in [4.78, 5) is 14.0. The van der Waals surface area contributed by atoms with Gasteiger partial charge in [0.25, 0.3) is 0 Å².